The van der Waals surface area contributed by atoms with Crippen molar-refractivity contribution in [1.29, 1.82) is 0 Å². The molecule has 0 aromatic rings. The summed E-state index contributed by atoms with van der Waals surface area (Å²) in [5.74, 6) is -0.141. The Kier molecular flexibility index (Phi) is 3.09. The highest BCUT2D eigenvalue weighted by Gasteiger charge is 2.24. The number of carboxylic acid groups (broad SMARTS) is 1. The van der Waals surface area contributed by atoms with Crippen LogP contribution in [0.5, 0.6) is 0 Å². The summed E-state index contributed by atoms with van der Waals surface area (Å²) in [5, 5.41) is 8.77. The average molecular weight is 166 g/mol. The average Bonchev–Trinajstić information content (AvgIpc) is 2.80. The number of carbonyl (C=O) groups is 1. The van der Waals surface area contributed by atoms with Gasteiger partial charge in [-0.05, 0) is 32.1 Å². The van der Waals surface area contributed by atoms with Gasteiger partial charge in [-0.2, -0.15) is 0 Å². The molecular weight excluding hydrogens is 152 g/mol. The molecule has 0 aromatic heterocycles. The van der Waals surface area contributed by atoms with Gasteiger partial charge in [0.25, 0.3) is 0 Å². The highest BCUT2D eigenvalue weighted by Crippen LogP contribution is 2.35. The van der Waals surface area contributed by atoms with Gasteiger partial charge < -0.3 is 5.11 Å². The van der Waals surface area contributed by atoms with Gasteiger partial charge in [0.05, 0.1) is 0 Å². The summed E-state index contributed by atoms with van der Waals surface area (Å²) in [6.07, 6.45) is 8.45. The second-order valence-electron chi connectivity index (χ2n) is 3.17. The summed E-state index contributed by atoms with van der Waals surface area (Å²) >= 11 is 0. The van der Waals surface area contributed by atoms with Crippen molar-refractivity contribution in [3.8, 4) is 0 Å². The van der Waals surface area contributed by atoms with E-state index in [1.165, 1.54) is 12.8 Å². The van der Waals surface area contributed by atoms with Gasteiger partial charge in [0.2, 0.25) is 0 Å². The van der Waals surface area contributed by atoms with E-state index in [4.69, 9.17) is 5.11 Å². The van der Waals surface area contributed by atoms with Gasteiger partial charge in [0.15, 0.2) is 0 Å². The molecule has 0 spiro atoms. The molecule has 0 saturated heterocycles. The topological polar surface area (TPSA) is 37.3 Å². The summed E-state index contributed by atoms with van der Waals surface area (Å²) in [4.78, 5) is 10.7. The maximum atomic E-state index is 10.7. The van der Waals surface area contributed by atoms with Crippen LogP contribution in [0.1, 0.15) is 26.2 Å². The number of hydrogen-bond acceptors (Lipinski definition) is 1. The van der Waals surface area contributed by atoms with E-state index in [-0.39, 0.29) is 0 Å². The predicted molar refractivity (Wildman–Crippen MR) is 47.9 cm³/mol. The lowest BCUT2D eigenvalue weighted by atomic mass is 10.1. The highest BCUT2D eigenvalue weighted by atomic mass is 16.4. The summed E-state index contributed by atoms with van der Waals surface area (Å²) in [6, 6.07) is 0. The lowest BCUT2D eigenvalue weighted by molar-refractivity contribution is -0.132. The van der Waals surface area contributed by atoms with E-state index >= 15 is 0 Å². The molecule has 0 radical (unpaired) electrons. The van der Waals surface area contributed by atoms with E-state index in [1.54, 1.807) is 12.2 Å². The molecule has 2 nitrogen and oxygen atoms in total. The molecule has 1 aliphatic rings. The van der Waals surface area contributed by atoms with Crippen molar-refractivity contribution in [3.63, 3.8) is 0 Å². The number of hydrogen-bond donors (Lipinski definition) is 1. The van der Waals surface area contributed by atoms with Crippen molar-refractivity contribution in [2.24, 2.45) is 5.92 Å². The third kappa shape index (κ3) is 2.91. The van der Waals surface area contributed by atoms with Gasteiger partial charge >= 0.3 is 5.97 Å². The van der Waals surface area contributed by atoms with Gasteiger partial charge in [-0.3, -0.25) is 0 Å². The Balaban J connectivity index is 2.52. The molecule has 66 valence electrons. The highest BCUT2D eigenvalue weighted by molar-refractivity contribution is 5.87. The Morgan fingerprint density at radius 3 is 2.67 bits per heavy atom. The van der Waals surface area contributed by atoms with Crippen molar-refractivity contribution in [1.82, 2.24) is 0 Å². The smallest absolute Gasteiger partial charge is 0.331 e. The molecule has 12 heavy (non-hydrogen) atoms. The summed E-state index contributed by atoms with van der Waals surface area (Å²) in [6.45, 7) is 1.88. The Bertz CT molecular complexity index is 222. The van der Waals surface area contributed by atoms with Crippen LogP contribution in [-0.2, 0) is 4.79 Å². The van der Waals surface area contributed by atoms with Crippen molar-refractivity contribution in [3.05, 3.63) is 23.8 Å². The lowest BCUT2D eigenvalue weighted by Crippen LogP contribution is -2.00. The molecular formula is C10H14O2. The fourth-order valence-electron chi connectivity index (χ4n) is 1.07. The SMILES string of the molecule is CC=CC=C(CC1CC1)C(=O)O. The van der Waals surface area contributed by atoms with E-state index < -0.39 is 5.97 Å². The molecule has 1 rings (SSSR count). The summed E-state index contributed by atoms with van der Waals surface area (Å²) < 4.78 is 0. The normalized spacial score (nSPS) is 18.6. The molecule has 0 heterocycles. The molecule has 1 fully saturated rings. The van der Waals surface area contributed by atoms with E-state index in [1.807, 2.05) is 13.0 Å². The number of carboxylic acids is 1. The van der Waals surface area contributed by atoms with Gasteiger partial charge in [-0.1, -0.05) is 18.2 Å². The van der Waals surface area contributed by atoms with E-state index in [9.17, 15) is 4.79 Å². The monoisotopic (exact) mass is 166 g/mol. The van der Waals surface area contributed by atoms with Crippen LogP contribution in [0.4, 0.5) is 0 Å². The van der Waals surface area contributed by atoms with Crippen molar-refractivity contribution < 1.29 is 9.90 Å². The molecule has 0 unspecified atom stereocenters. The van der Waals surface area contributed by atoms with E-state index in [0.717, 1.165) is 6.42 Å². The van der Waals surface area contributed by atoms with E-state index in [0.29, 0.717) is 11.5 Å². The second-order valence-corrected chi connectivity index (χ2v) is 3.17. The molecule has 2 heteroatoms. The number of allylic oxidation sites excluding steroid dienone is 3. The van der Waals surface area contributed by atoms with Crippen LogP contribution in [0, 0.1) is 5.92 Å². The summed E-state index contributed by atoms with van der Waals surface area (Å²) in [5.41, 5.74) is 0.538. The Hall–Kier alpha value is -1.05. The van der Waals surface area contributed by atoms with Crippen LogP contribution in [0.25, 0.3) is 0 Å². The van der Waals surface area contributed by atoms with Crippen molar-refractivity contribution in [2.75, 3.05) is 0 Å². The van der Waals surface area contributed by atoms with Crippen LogP contribution in [0.2, 0.25) is 0 Å². The zero-order chi connectivity index (χ0) is 8.97. The quantitative estimate of drug-likeness (QED) is 0.514. The molecule has 1 saturated carbocycles. The molecule has 0 bridgehead atoms. The first-order valence-corrected chi connectivity index (χ1v) is 4.29. The largest absolute Gasteiger partial charge is 0.478 e. The molecule has 0 aromatic carbocycles. The minimum absolute atomic E-state index is 0.538. The van der Waals surface area contributed by atoms with Gasteiger partial charge in [0, 0.05) is 5.57 Å². The molecule has 1 aliphatic carbocycles. The minimum Gasteiger partial charge on any atom is -0.478 e. The molecule has 0 aliphatic heterocycles. The molecule has 0 amide bonds. The van der Waals surface area contributed by atoms with Gasteiger partial charge in [-0.15, -0.1) is 0 Å². The first kappa shape index (κ1) is 9.04. The molecule has 1 N–H and O–H groups in total. The van der Waals surface area contributed by atoms with Crippen LogP contribution >= 0.6 is 0 Å². The number of aliphatic carboxylic acids is 1. The third-order valence-corrected chi connectivity index (χ3v) is 1.97. The van der Waals surface area contributed by atoms with Crippen LogP contribution in [0.15, 0.2) is 23.8 Å². The summed E-state index contributed by atoms with van der Waals surface area (Å²) in [7, 11) is 0. The lowest BCUT2D eigenvalue weighted by Gasteiger charge is -1.97. The zero-order valence-corrected chi connectivity index (χ0v) is 7.29. The predicted octanol–water partition coefficient (Wildman–Crippen LogP) is 2.37. The van der Waals surface area contributed by atoms with E-state index in [2.05, 4.69) is 0 Å². The standard InChI is InChI=1S/C10H14O2/c1-2-3-4-9(10(11)12)7-8-5-6-8/h2-4,8H,5-7H2,1H3,(H,11,12). The maximum absolute atomic E-state index is 10.7. The zero-order valence-electron chi connectivity index (χ0n) is 7.29. The van der Waals surface area contributed by atoms with Crippen LogP contribution in [0.3, 0.4) is 0 Å². The second kappa shape index (κ2) is 4.10. The fraction of sp³-hybridized carbons (Fsp3) is 0.500. The van der Waals surface area contributed by atoms with Gasteiger partial charge in [-0.25, -0.2) is 4.79 Å². The first-order valence-electron chi connectivity index (χ1n) is 4.29. The number of rotatable bonds is 4. The van der Waals surface area contributed by atoms with Gasteiger partial charge in [0.1, 0.15) is 0 Å². The van der Waals surface area contributed by atoms with Crippen LogP contribution < -0.4 is 0 Å². The van der Waals surface area contributed by atoms with Crippen LogP contribution in [-0.4, -0.2) is 11.1 Å². The maximum Gasteiger partial charge on any atom is 0.331 e. The minimum atomic E-state index is -0.778. The third-order valence-electron chi connectivity index (χ3n) is 1.97. The Morgan fingerprint density at radius 2 is 2.25 bits per heavy atom. The molecule has 0 atom stereocenters. The Morgan fingerprint density at radius 1 is 1.58 bits per heavy atom. The Labute approximate surface area is 72.6 Å². The van der Waals surface area contributed by atoms with Crippen molar-refractivity contribution in [2.45, 2.75) is 26.2 Å². The fourth-order valence-corrected chi connectivity index (χ4v) is 1.07. The van der Waals surface area contributed by atoms with Crippen molar-refractivity contribution >= 4 is 5.97 Å². The first-order chi connectivity index (χ1) is 5.74.